The number of rotatable bonds is 6. The Kier molecular flexibility index (Phi) is 5.08. The van der Waals surface area contributed by atoms with Crippen molar-refractivity contribution < 1.29 is 14.5 Å². The fourth-order valence-corrected chi connectivity index (χ4v) is 1.95. The molecule has 1 N–H and O–H groups in total. The molecule has 114 valence electrons. The van der Waals surface area contributed by atoms with Gasteiger partial charge >= 0.3 is 0 Å². The molecule has 6 heteroatoms. The van der Waals surface area contributed by atoms with Crippen LogP contribution in [0.1, 0.15) is 15.9 Å². The van der Waals surface area contributed by atoms with Gasteiger partial charge in [-0.15, -0.1) is 0 Å². The van der Waals surface area contributed by atoms with Gasteiger partial charge < -0.3 is 10.1 Å². The standard InChI is InChI=1S/C16H16N2O4/c1-22-15-8-4-13(5-9-15)16(19)17-11-10-12-2-6-14(7-3-12)18(20)21/h2-9H,10-11H2,1H3,(H,17,19). The summed E-state index contributed by atoms with van der Waals surface area (Å²) in [6, 6.07) is 13.1. The molecule has 22 heavy (non-hydrogen) atoms. The Balaban J connectivity index is 1.84. The molecule has 0 unspecified atom stereocenters. The van der Waals surface area contributed by atoms with Crippen molar-refractivity contribution in [1.29, 1.82) is 0 Å². The number of hydrogen-bond donors (Lipinski definition) is 1. The van der Waals surface area contributed by atoms with Crippen LogP contribution in [-0.4, -0.2) is 24.5 Å². The Morgan fingerprint density at radius 1 is 1.14 bits per heavy atom. The summed E-state index contributed by atoms with van der Waals surface area (Å²) >= 11 is 0. The van der Waals surface area contributed by atoms with Crippen molar-refractivity contribution in [3.63, 3.8) is 0 Å². The van der Waals surface area contributed by atoms with Gasteiger partial charge in [0, 0.05) is 24.2 Å². The molecule has 0 aliphatic heterocycles. The maximum atomic E-state index is 11.9. The van der Waals surface area contributed by atoms with Crippen LogP contribution in [0.5, 0.6) is 5.75 Å². The van der Waals surface area contributed by atoms with Crippen LogP contribution in [0.2, 0.25) is 0 Å². The number of hydrogen-bond acceptors (Lipinski definition) is 4. The number of methoxy groups -OCH3 is 1. The van der Waals surface area contributed by atoms with Crippen LogP contribution in [0.15, 0.2) is 48.5 Å². The van der Waals surface area contributed by atoms with Gasteiger partial charge in [0.1, 0.15) is 5.75 Å². The van der Waals surface area contributed by atoms with E-state index in [0.717, 1.165) is 5.56 Å². The number of non-ortho nitro benzene ring substituents is 1. The molecule has 2 rings (SSSR count). The Morgan fingerprint density at radius 2 is 1.77 bits per heavy atom. The highest BCUT2D eigenvalue weighted by molar-refractivity contribution is 5.94. The summed E-state index contributed by atoms with van der Waals surface area (Å²) in [6.07, 6.45) is 0.611. The highest BCUT2D eigenvalue weighted by atomic mass is 16.6. The van der Waals surface area contributed by atoms with Crippen LogP contribution in [0.3, 0.4) is 0 Å². The number of ether oxygens (including phenoxy) is 1. The maximum absolute atomic E-state index is 11.9. The predicted octanol–water partition coefficient (Wildman–Crippen LogP) is 2.58. The van der Waals surface area contributed by atoms with Gasteiger partial charge in [-0.3, -0.25) is 14.9 Å². The largest absolute Gasteiger partial charge is 0.497 e. The zero-order valence-electron chi connectivity index (χ0n) is 12.1. The number of nitro benzene ring substituents is 1. The van der Waals surface area contributed by atoms with Crippen molar-refractivity contribution in [2.45, 2.75) is 6.42 Å². The van der Waals surface area contributed by atoms with Gasteiger partial charge in [-0.25, -0.2) is 0 Å². The van der Waals surface area contributed by atoms with Gasteiger partial charge in [-0.2, -0.15) is 0 Å². The van der Waals surface area contributed by atoms with Gasteiger partial charge in [0.05, 0.1) is 12.0 Å². The summed E-state index contributed by atoms with van der Waals surface area (Å²) in [6.45, 7) is 0.461. The molecule has 0 aliphatic rings. The molecule has 6 nitrogen and oxygen atoms in total. The fraction of sp³-hybridized carbons (Fsp3) is 0.188. The molecule has 0 spiro atoms. The minimum atomic E-state index is -0.435. The van der Waals surface area contributed by atoms with Crippen LogP contribution in [-0.2, 0) is 6.42 Å². The molecule has 0 saturated heterocycles. The summed E-state index contributed by atoms with van der Waals surface area (Å²) in [5.74, 6) is 0.534. The van der Waals surface area contributed by atoms with Crippen LogP contribution >= 0.6 is 0 Å². The van der Waals surface area contributed by atoms with Crippen LogP contribution in [0.4, 0.5) is 5.69 Å². The Morgan fingerprint density at radius 3 is 2.32 bits per heavy atom. The van der Waals surface area contributed by atoms with Crippen molar-refractivity contribution in [1.82, 2.24) is 5.32 Å². The van der Waals surface area contributed by atoms with E-state index < -0.39 is 4.92 Å². The molecule has 0 bridgehead atoms. The van der Waals surface area contributed by atoms with Crippen molar-refractivity contribution in [2.75, 3.05) is 13.7 Å². The Hall–Kier alpha value is -2.89. The second-order valence-electron chi connectivity index (χ2n) is 4.66. The summed E-state index contributed by atoms with van der Waals surface area (Å²) < 4.78 is 5.03. The second-order valence-corrected chi connectivity index (χ2v) is 4.66. The van der Waals surface area contributed by atoms with Gasteiger partial charge in [0.2, 0.25) is 0 Å². The molecule has 0 heterocycles. The Labute approximate surface area is 127 Å². The molecule has 0 aromatic heterocycles. The van der Waals surface area contributed by atoms with Crippen molar-refractivity contribution in [2.24, 2.45) is 0 Å². The van der Waals surface area contributed by atoms with E-state index in [2.05, 4.69) is 5.32 Å². The zero-order valence-corrected chi connectivity index (χ0v) is 12.1. The van der Waals surface area contributed by atoms with E-state index in [1.54, 1.807) is 43.5 Å². The Bertz CT molecular complexity index is 651. The molecule has 0 aliphatic carbocycles. The van der Waals surface area contributed by atoms with Crippen molar-refractivity contribution in [3.05, 3.63) is 69.8 Å². The first-order valence-electron chi connectivity index (χ1n) is 6.76. The number of nitrogens with zero attached hydrogens (tertiary/aromatic N) is 1. The molecule has 0 atom stereocenters. The molecular formula is C16H16N2O4. The lowest BCUT2D eigenvalue weighted by Crippen LogP contribution is -2.25. The molecule has 0 radical (unpaired) electrons. The lowest BCUT2D eigenvalue weighted by Gasteiger charge is -2.06. The number of nitrogens with one attached hydrogen (secondary N) is 1. The number of benzene rings is 2. The quantitative estimate of drug-likeness (QED) is 0.656. The minimum Gasteiger partial charge on any atom is -0.497 e. The molecule has 2 aromatic rings. The smallest absolute Gasteiger partial charge is 0.269 e. The van der Waals surface area contributed by atoms with Crippen LogP contribution < -0.4 is 10.1 Å². The molecule has 0 fully saturated rings. The van der Waals surface area contributed by atoms with E-state index in [0.29, 0.717) is 24.3 Å². The summed E-state index contributed by atoms with van der Waals surface area (Å²) in [5, 5.41) is 13.4. The predicted molar refractivity (Wildman–Crippen MR) is 82.1 cm³/mol. The van der Waals surface area contributed by atoms with Gasteiger partial charge in [0.25, 0.3) is 11.6 Å². The number of nitro groups is 1. The van der Waals surface area contributed by atoms with E-state index >= 15 is 0 Å². The van der Waals surface area contributed by atoms with E-state index in [4.69, 9.17) is 4.74 Å². The lowest BCUT2D eigenvalue weighted by molar-refractivity contribution is -0.384. The third-order valence-electron chi connectivity index (χ3n) is 3.20. The highest BCUT2D eigenvalue weighted by Crippen LogP contribution is 2.13. The number of carbonyl (C=O) groups excluding carboxylic acids is 1. The monoisotopic (exact) mass is 300 g/mol. The fourth-order valence-electron chi connectivity index (χ4n) is 1.95. The summed E-state index contributed by atoms with van der Waals surface area (Å²) in [4.78, 5) is 22.1. The second kappa shape index (κ2) is 7.21. The van der Waals surface area contributed by atoms with Gasteiger partial charge in [-0.05, 0) is 36.2 Å². The normalized spacial score (nSPS) is 10.0. The summed E-state index contributed by atoms with van der Waals surface area (Å²) in [5.41, 5.74) is 1.55. The number of carbonyl (C=O) groups is 1. The van der Waals surface area contributed by atoms with E-state index in [-0.39, 0.29) is 11.6 Å². The highest BCUT2D eigenvalue weighted by Gasteiger charge is 2.06. The minimum absolute atomic E-state index is 0.0611. The topological polar surface area (TPSA) is 81.5 Å². The van der Waals surface area contributed by atoms with Crippen LogP contribution in [0.25, 0.3) is 0 Å². The summed E-state index contributed by atoms with van der Waals surface area (Å²) in [7, 11) is 1.57. The van der Waals surface area contributed by atoms with E-state index in [1.165, 1.54) is 12.1 Å². The van der Waals surface area contributed by atoms with Crippen molar-refractivity contribution >= 4 is 11.6 Å². The van der Waals surface area contributed by atoms with Gasteiger partial charge in [-0.1, -0.05) is 12.1 Å². The maximum Gasteiger partial charge on any atom is 0.269 e. The van der Waals surface area contributed by atoms with E-state index in [9.17, 15) is 14.9 Å². The average Bonchev–Trinajstić information content (AvgIpc) is 2.55. The van der Waals surface area contributed by atoms with Crippen molar-refractivity contribution in [3.8, 4) is 5.75 Å². The SMILES string of the molecule is COc1ccc(C(=O)NCCc2ccc([N+](=O)[O-])cc2)cc1. The zero-order chi connectivity index (χ0) is 15.9. The molecular weight excluding hydrogens is 284 g/mol. The number of amides is 1. The first kappa shape index (κ1) is 15.5. The van der Waals surface area contributed by atoms with E-state index in [1.807, 2.05) is 0 Å². The van der Waals surface area contributed by atoms with Crippen LogP contribution in [0, 0.1) is 10.1 Å². The first-order chi connectivity index (χ1) is 10.6. The third-order valence-corrected chi connectivity index (χ3v) is 3.20. The average molecular weight is 300 g/mol. The molecule has 1 amide bonds. The molecule has 0 saturated carbocycles. The lowest BCUT2D eigenvalue weighted by atomic mass is 10.1. The molecule has 2 aromatic carbocycles. The van der Waals surface area contributed by atoms with Gasteiger partial charge in [0.15, 0.2) is 0 Å². The first-order valence-corrected chi connectivity index (χ1v) is 6.76. The third kappa shape index (κ3) is 4.05.